The van der Waals surface area contributed by atoms with Crippen LogP contribution in [0.3, 0.4) is 0 Å². The van der Waals surface area contributed by atoms with Gasteiger partial charge in [-0.2, -0.15) is 0 Å². The van der Waals surface area contributed by atoms with Crippen LogP contribution in [0.25, 0.3) is 33.3 Å². The van der Waals surface area contributed by atoms with Crippen LogP contribution in [0.15, 0.2) is 121 Å². The first kappa shape index (κ1) is 29.4. The molecule has 6 rings (SSSR count). The van der Waals surface area contributed by atoms with Crippen LogP contribution in [0.2, 0.25) is 0 Å². The van der Waals surface area contributed by atoms with Crippen LogP contribution < -0.4 is 10.6 Å². The fourth-order valence-corrected chi connectivity index (χ4v) is 5.84. The summed E-state index contributed by atoms with van der Waals surface area (Å²) in [5.74, 6) is -0.0720. The van der Waals surface area contributed by atoms with Gasteiger partial charge in [-0.25, -0.2) is 14.6 Å². The number of aryl methyl sites for hydroxylation is 1. The number of hydrogen-bond acceptors (Lipinski definition) is 3. The van der Waals surface area contributed by atoms with Gasteiger partial charge in [-0.3, -0.25) is 4.90 Å². The molecule has 0 aliphatic heterocycles. The highest BCUT2D eigenvalue weighted by Crippen LogP contribution is 2.36. The van der Waals surface area contributed by atoms with E-state index in [9.17, 15) is 14.7 Å². The molecule has 0 spiro atoms. The number of carbonyl (C=O) groups is 2. The van der Waals surface area contributed by atoms with Crippen molar-refractivity contribution in [2.45, 2.75) is 32.7 Å². The van der Waals surface area contributed by atoms with Gasteiger partial charge in [0.15, 0.2) is 0 Å². The van der Waals surface area contributed by atoms with Gasteiger partial charge in [-0.1, -0.05) is 104 Å². The predicted octanol–water partition coefficient (Wildman–Crippen LogP) is 8.68. The molecule has 0 fully saturated rings. The van der Waals surface area contributed by atoms with Crippen molar-refractivity contribution in [3.05, 3.63) is 138 Å². The number of imidazole rings is 1. The molecule has 0 saturated heterocycles. The maximum atomic E-state index is 13.1. The normalized spacial score (nSPS) is 11.0. The number of benzene rings is 5. The van der Waals surface area contributed by atoms with Crippen molar-refractivity contribution in [2.75, 3.05) is 4.90 Å². The number of anilines is 2. The van der Waals surface area contributed by atoms with Crippen molar-refractivity contribution in [3.8, 4) is 22.3 Å². The Morgan fingerprint density at radius 3 is 2.13 bits per heavy atom. The number of nitrogens with zero attached hydrogens (tertiary/aromatic N) is 3. The third-order valence-electron chi connectivity index (χ3n) is 8.01. The molecule has 0 aliphatic carbocycles. The highest BCUT2D eigenvalue weighted by atomic mass is 16.4. The number of fused-ring (bicyclic) bond motifs is 1. The van der Waals surface area contributed by atoms with Crippen molar-refractivity contribution in [3.63, 3.8) is 0 Å². The molecule has 5 aromatic carbocycles. The van der Waals surface area contributed by atoms with Crippen LogP contribution in [-0.4, -0.2) is 26.7 Å². The van der Waals surface area contributed by atoms with Crippen molar-refractivity contribution in [2.24, 2.45) is 5.73 Å². The van der Waals surface area contributed by atoms with E-state index in [4.69, 9.17) is 10.7 Å². The summed E-state index contributed by atoms with van der Waals surface area (Å²) < 4.78 is 2.12. The number of amides is 2. The SMILES string of the molecule is CCCCc1nc2ccc(N(C(N)=O)c3ccccc3-c3ccccc3)cc2n1Cc1ccc(-c2ccccc2)c(C(=O)O)c1. The van der Waals surface area contributed by atoms with Gasteiger partial charge in [0.05, 0.1) is 28.0 Å². The number of para-hydroxylation sites is 1. The minimum Gasteiger partial charge on any atom is -0.478 e. The average molecular weight is 595 g/mol. The lowest BCUT2D eigenvalue weighted by Crippen LogP contribution is -2.31. The predicted molar refractivity (Wildman–Crippen MR) is 180 cm³/mol. The largest absolute Gasteiger partial charge is 0.478 e. The van der Waals surface area contributed by atoms with E-state index in [-0.39, 0.29) is 5.56 Å². The van der Waals surface area contributed by atoms with E-state index in [0.29, 0.717) is 23.5 Å². The Labute approximate surface area is 262 Å². The molecule has 45 heavy (non-hydrogen) atoms. The quantitative estimate of drug-likeness (QED) is 0.166. The number of urea groups is 1. The first-order chi connectivity index (χ1) is 21.9. The van der Waals surface area contributed by atoms with Crippen LogP contribution in [-0.2, 0) is 13.0 Å². The number of hydrogen-bond donors (Lipinski definition) is 2. The van der Waals surface area contributed by atoms with Gasteiger partial charge in [0.2, 0.25) is 0 Å². The smallest absolute Gasteiger partial charge is 0.336 e. The van der Waals surface area contributed by atoms with Crippen LogP contribution in [0.5, 0.6) is 0 Å². The van der Waals surface area contributed by atoms with Crippen LogP contribution in [0.1, 0.15) is 41.5 Å². The third-order valence-corrected chi connectivity index (χ3v) is 8.01. The molecule has 6 aromatic rings. The summed E-state index contributed by atoms with van der Waals surface area (Å²) in [4.78, 5) is 31.9. The Morgan fingerprint density at radius 2 is 1.47 bits per heavy atom. The number of carboxylic acids is 1. The maximum absolute atomic E-state index is 13.1. The van der Waals surface area contributed by atoms with Gasteiger partial charge in [0.25, 0.3) is 0 Å². The molecule has 7 nitrogen and oxygen atoms in total. The van der Waals surface area contributed by atoms with Gasteiger partial charge in [-0.05, 0) is 59.0 Å². The van der Waals surface area contributed by atoms with E-state index in [1.165, 1.54) is 4.90 Å². The summed E-state index contributed by atoms with van der Waals surface area (Å²) in [6, 6.07) is 37.9. The van der Waals surface area contributed by atoms with E-state index in [1.807, 2.05) is 115 Å². The highest BCUT2D eigenvalue weighted by Gasteiger charge is 2.22. The minimum atomic E-state index is -0.978. The summed E-state index contributed by atoms with van der Waals surface area (Å²) in [7, 11) is 0. The molecule has 1 heterocycles. The first-order valence-corrected chi connectivity index (χ1v) is 15.1. The summed E-state index contributed by atoms with van der Waals surface area (Å²) in [5.41, 5.74) is 13.4. The second kappa shape index (κ2) is 12.9. The van der Waals surface area contributed by atoms with Gasteiger partial charge >= 0.3 is 12.0 Å². The number of aromatic nitrogens is 2. The molecule has 0 saturated carbocycles. The molecule has 3 N–H and O–H groups in total. The van der Waals surface area contributed by atoms with Gasteiger partial charge in [0.1, 0.15) is 5.82 Å². The van der Waals surface area contributed by atoms with Crippen molar-refractivity contribution < 1.29 is 14.7 Å². The Hall–Kier alpha value is -5.69. The number of aromatic carboxylic acids is 1. The number of unbranched alkanes of at least 4 members (excludes halogenated alkanes) is 1. The van der Waals surface area contributed by atoms with Gasteiger partial charge in [-0.15, -0.1) is 0 Å². The van der Waals surface area contributed by atoms with E-state index in [1.54, 1.807) is 6.07 Å². The molecule has 0 aliphatic rings. The van der Waals surface area contributed by atoms with Crippen LogP contribution >= 0.6 is 0 Å². The Bertz CT molecular complexity index is 1980. The van der Waals surface area contributed by atoms with E-state index < -0.39 is 12.0 Å². The summed E-state index contributed by atoms with van der Waals surface area (Å²) in [6.07, 6.45) is 2.74. The number of carboxylic acid groups (broad SMARTS) is 1. The number of nitrogens with two attached hydrogens (primary N) is 1. The monoisotopic (exact) mass is 594 g/mol. The molecule has 224 valence electrons. The fourth-order valence-electron chi connectivity index (χ4n) is 5.84. The second-order valence-electron chi connectivity index (χ2n) is 11.0. The second-order valence-corrected chi connectivity index (χ2v) is 11.0. The van der Waals surface area contributed by atoms with Crippen molar-refractivity contribution in [1.29, 1.82) is 0 Å². The molecular weight excluding hydrogens is 560 g/mol. The third kappa shape index (κ3) is 6.06. The molecule has 1 aromatic heterocycles. The van der Waals surface area contributed by atoms with Gasteiger partial charge in [0, 0.05) is 18.5 Å². The minimum absolute atomic E-state index is 0.247. The van der Waals surface area contributed by atoms with Gasteiger partial charge < -0.3 is 15.4 Å². The molecule has 2 amide bonds. The molecule has 0 unspecified atom stereocenters. The molecule has 0 radical (unpaired) electrons. The Balaban J connectivity index is 1.45. The fraction of sp³-hybridized carbons (Fsp3) is 0.132. The zero-order chi connectivity index (χ0) is 31.3. The Morgan fingerprint density at radius 1 is 0.800 bits per heavy atom. The maximum Gasteiger partial charge on any atom is 0.336 e. The summed E-state index contributed by atoms with van der Waals surface area (Å²) >= 11 is 0. The standard InChI is InChI=1S/C38H34N4O3/c1-2-3-18-36-40-33-22-20-29(42(38(39)45)34-17-11-10-16-31(34)28-14-8-5-9-15-28)24-35(33)41(36)25-26-19-21-30(32(23-26)37(43)44)27-12-6-4-7-13-27/h4-17,19-24H,2-3,18,25H2,1H3,(H2,39,45)(H,43,44). The lowest BCUT2D eigenvalue weighted by Gasteiger charge is -2.24. The van der Waals surface area contributed by atoms with E-state index >= 15 is 0 Å². The average Bonchev–Trinajstić information content (AvgIpc) is 3.40. The first-order valence-electron chi connectivity index (χ1n) is 15.1. The zero-order valence-electron chi connectivity index (χ0n) is 25.1. The zero-order valence-corrected chi connectivity index (χ0v) is 25.1. The summed E-state index contributed by atoms with van der Waals surface area (Å²) in [5, 5.41) is 10.1. The van der Waals surface area contributed by atoms with E-state index in [0.717, 1.165) is 58.4 Å². The number of primary amides is 1. The van der Waals surface area contributed by atoms with Crippen LogP contribution in [0, 0.1) is 0 Å². The number of rotatable bonds is 10. The molecule has 0 bridgehead atoms. The van der Waals surface area contributed by atoms with Crippen molar-refractivity contribution >= 4 is 34.4 Å². The lowest BCUT2D eigenvalue weighted by atomic mass is 9.97. The lowest BCUT2D eigenvalue weighted by molar-refractivity contribution is 0.0697. The summed E-state index contributed by atoms with van der Waals surface area (Å²) in [6.45, 7) is 2.56. The molecule has 0 atom stereocenters. The Kier molecular flexibility index (Phi) is 8.42. The number of carbonyl (C=O) groups excluding carboxylic acids is 1. The van der Waals surface area contributed by atoms with Crippen LogP contribution in [0.4, 0.5) is 16.2 Å². The topological polar surface area (TPSA) is 101 Å². The molecule has 7 heteroatoms. The highest BCUT2D eigenvalue weighted by molar-refractivity contribution is 6.03. The molecular formula is C38H34N4O3. The van der Waals surface area contributed by atoms with E-state index in [2.05, 4.69) is 11.5 Å². The van der Waals surface area contributed by atoms with Crippen molar-refractivity contribution in [1.82, 2.24) is 9.55 Å².